The Balaban J connectivity index is 1.59. The van der Waals surface area contributed by atoms with Crippen molar-refractivity contribution in [2.75, 3.05) is 13.1 Å². The second-order valence-electron chi connectivity index (χ2n) is 4.85. The van der Waals surface area contributed by atoms with E-state index in [0.29, 0.717) is 4.91 Å². The Morgan fingerprint density at radius 2 is 2.21 bits per heavy atom. The molecule has 0 aromatic carbocycles. The number of carbonyl (C=O) groups is 3. The van der Waals surface area contributed by atoms with Gasteiger partial charge in [0.25, 0.3) is 17.1 Å². The van der Waals surface area contributed by atoms with Gasteiger partial charge in [0, 0.05) is 25.5 Å². The number of carbonyl (C=O) groups excluding carboxylic acids is 3. The molecule has 0 atom stereocenters. The van der Waals surface area contributed by atoms with Gasteiger partial charge in [-0.15, -0.1) is 0 Å². The van der Waals surface area contributed by atoms with Crippen LogP contribution in [0.5, 0.6) is 0 Å². The molecule has 1 aliphatic heterocycles. The lowest BCUT2D eigenvalue weighted by atomic mass is 10.2. The Bertz CT molecular complexity index is 787. The summed E-state index contributed by atoms with van der Waals surface area (Å²) in [5, 5.41) is 2.24. The van der Waals surface area contributed by atoms with Crippen LogP contribution in [-0.4, -0.2) is 40.0 Å². The third-order valence-corrected chi connectivity index (χ3v) is 4.13. The van der Waals surface area contributed by atoms with Gasteiger partial charge in [0.05, 0.1) is 11.2 Å². The van der Waals surface area contributed by atoms with Gasteiger partial charge in [-0.2, -0.15) is 0 Å². The van der Waals surface area contributed by atoms with Gasteiger partial charge in [0.15, 0.2) is 5.76 Å². The molecule has 0 saturated carbocycles. The highest BCUT2D eigenvalue weighted by Crippen LogP contribution is 2.31. The molecule has 2 aromatic rings. The number of nitrogens with one attached hydrogen (secondary N) is 1. The van der Waals surface area contributed by atoms with Crippen molar-refractivity contribution in [1.29, 1.82) is 0 Å². The van der Waals surface area contributed by atoms with Crippen LogP contribution in [0.3, 0.4) is 0 Å². The average molecular weight is 343 g/mol. The molecule has 8 heteroatoms. The molecule has 0 radical (unpaired) electrons. The van der Waals surface area contributed by atoms with Gasteiger partial charge in [-0.05, 0) is 41.6 Å². The van der Waals surface area contributed by atoms with Gasteiger partial charge < -0.3 is 9.73 Å². The van der Waals surface area contributed by atoms with Crippen molar-refractivity contribution in [2.45, 2.75) is 0 Å². The number of aromatic nitrogens is 1. The summed E-state index contributed by atoms with van der Waals surface area (Å²) >= 11 is 0.873. The number of thioether (sulfide) groups is 1. The van der Waals surface area contributed by atoms with E-state index in [-0.39, 0.29) is 30.0 Å². The highest BCUT2D eigenvalue weighted by molar-refractivity contribution is 8.18. The zero-order chi connectivity index (χ0) is 16.9. The van der Waals surface area contributed by atoms with Crippen molar-refractivity contribution in [2.24, 2.45) is 0 Å². The lowest BCUT2D eigenvalue weighted by Crippen LogP contribution is -2.37. The number of furan rings is 1. The highest BCUT2D eigenvalue weighted by Gasteiger charge is 2.34. The zero-order valence-electron chi connectivity index (χ0n) is 12.5. The molecule has 0 bridgehead atoms. The van der Waals surface area contributed by atoms with Crippen molar-refractivity contribution >= 4 is 34.9 Å². The molecule has 2 aromatic heterocycles. The average Bonchev–Trinajstić information content (AvgIpc) is 3.20. The molecule has 1 N–H and O–H groups in total. The monoisotopic (exact) mass is 343 g/mol. The number of pyridine rings is 1. The van der Waals surface area contributed by atoms with E-state index in [9.17, 15) is 14.4 Å². The smallest absolute Gasteiger partial charge is 0.293 e. The number of rotatable bonds is 5. The molecule has 1 fully saturated rings. The molecule has 1 aliphatic rings. The summed E-state index contributed by atoms with van der Waals surface area (Å²) in [6.07, 6.45) is 6.26. The number of hydrogen-bond acceptors (Lipinski definition) is 6. The third kappa shape index (κ3) is 3.54. The molecule has 3 rings (SSSR count). The van der Waals surface area contributed by atoms with E-state index < -0.39 is 5.91 Å². The minimum atomic E-state index is -0.391. The molecule has 1 saturated heterocycles. The van der Waals surface area contributed by atoms with Crippen LogP contribution in [0, 0.1) is 0 Å². The number of hydrogen-bond donors (Lipinski definition) is 1. The molecule has 122 valence electrons. The summed E-state index contributed by atoms with van der Waals surface area (Å²) in [7, 11) is 0. The molecule has 0 spiro atoms. The van der Waals surface area contributed by atoms with Crippen LogP contribution in [0.2, 0.25) is 0 Å². The zero-order valence-corrected chi connectivity index (χ0v) is 13.3. The van der Waals surface area contributed by atoms with Crippen LogP contribution in [0.25, 0.3) is 6.08 Å². The summed E-state index contributed by atoms with van der Waals surface area (Å²) in [4.78, 5) is 41.4. The molecule has 7 nitrogen and oxygen atoms in total. The van der Waals surface area contributed by atoms with Gasteiger partial charge >= 0.3 is 0 Å². The fraction of sp³-hybridized carbons (Fsp3) is 0.125. The largest absolute Gasteiger partial charge is 0.459 e. The summed E-state index contributed by atoms with van der Waals surface area (Å²) in [6.45, 7) is 0.249. The van der Waals surface area contributed by atoms with Crippen molar-refractivity contribution in [1.82, 2.24) is 15.2 Å². The first-order valence-corrected chi connectivity index (χ1v) is 7.94. The minimum Gasteiger partial charge on any atom is -0.459 e. The maximum absolute atomic E-state index is 12.3. The Kier molecular flexibility index (Phi) is 4.76. The SMILES string of the molecule is O=C(NCCN1C(=O)SC(=Cc2cccnc2)C1=O)c1ccco1. The van der Waals surface area contributed by atoms with E-state index >= 15 is 0 Å². The number of amides is 3. The number of imide groups is 1. The van der Waals surface area contributed by atoms with Crippen molar-refractivity contribution in [3.8, 4) is 0 Å². The van der Waals surface area contributed by atoms with E-state index in [1.807, 2.05) is 0 Å². The highest BCUT2D eigenvalue weighted by atomic mass is 32.2. The van der Waals surface area contributed by atoms with Gasteiger partial charge in [0.1, 0.15) is 0 Å². The Hall–Kier alpha value is -2.87. The summed E-state index contributed by atoms with van der Waals surface area (Å²) in [6, 6.07) is 6.69. The molecular weight excluding hydrogens is 330 g/mol. The van der Waals surface area contributed by atoms with Crippen LogP contribution in [0.4, 0.5) is 4.79 Å². The lowest BCUT2D eigenvalue weighted by molar-refractivity contribution is -0.122. The van der Waals surface area contributed by atoms with Crippen molar-refractivity contribution in [3.63, 3.8) is 0 Å². The second kappa shape index (κ2) is 7.14. The Labute approximate surface area is 141 Å². The predicted octanol–water partition coefficient (Wildman–Crippen LogP) is 2.14. The van der Waals surface area contributed by atoms with E-state index in [1.54, 1.807) is 36.7 Å². The Morgan fingerprint density at radius 1 is 1.33 bits per heavy atom. The van der Waals surface area contributed by atoms with Gasteiger partial charge in [-0.25, -0.2) is 0 Å². The van der Waals surface area contributed by atoms with Crippen LogP contribution >= 0.6 is 11.8 Å². The molecule has 24 heavy (non-hydrogen) atoms. The van der Waals surface area contributed by atoms with E-state index in [4.69, 9.17) is 4.42 Å². The quantitative estimate of drug-likeness (QED) is 0.836. The van der Waals surface area contributed by atoms with Crippen LogP contribution in [-0.2, 0) is 4.79 Å². The summed E-state index contributed by atoms with van der Waals surface area (Å²) < 4.78 is 4.96. The van der Waals surface area contributed by atoms with Crippen molar-refractivity contribution in [3.05, 3.63) is 59.2 Å². The molecule has 0 aliphatic carbocycles. The molecule has 3 heterocycles. The lowest BCUT2D eigenvalue weighted by Gasteiger charge is -2.12. The Morgan fingerprint density at radius 3 is 2.92 bits per heavy atom. The van der Waals surface area contributed by atoms with Gasteiger partial charge in [0.2, 0.25) is 0 Å². The maximum Gasteiger partial charge on any atom is 0.293 e. The molecule has 0 unspecified atom stereocenters. The van der Waals surface area contributed by atoms with Crippen LogP contribution in [0.15, 0.2) is 52.2 Å². The van der Waals surface area contributed by atoms with Crippen LogP contribution in [0.1, 0.15) is 16.1 Å². The van der Waals surface area contributed by atoms with Gasteiger partial charge in [-0.3, -0.25) is 24.3 Å². The third-order valence-electron chi connectivity index (χ3n) is 3.22. The minimum absolute atomic E-state index is 0.0987. The first kappa shape index (κ1) is 16.0. The first-order chi connectivity index (χ1) is 11.6. The standard InChI is InChI=1S/C16H13N3O4S/c20-14(12-4-2-8-23-12)18-6-7-19-15(21)13(24-16(19)22)9-11-3-1-5-17-10-11/h1-5,8-10H,6-7H2,(H,18,20). The van der Waals surface area contributed by atoms with Crippen molar-refractivity contribution < 1.29 is 18.8 Å². The topological polar surface area (TPSA) is 92.5 Å². The first-order valence-electron chi connectivity index (χ1n) is 7.12. The normalized spacial score (nSPS) is 16.0. The summed E-state index contributed by atoms with van der Waals surface area (Å²) in [5.74, 6) is -0.584. The molecular formula is C16H13N3O4S. The van der Waals surface area contributed by atoms with Gasteiger partial charge in [-0.1, -0.05) is 6.07 Å². The molecule has 3 amide bonds. The van der Waals surface area contributed by atoms with Crippen LogP contribution < -0.4 is 5.32 Å². The second-order valence-corrected chi connectivity index (χ2v) is 5.85. The predicted molar refractivity (Wildman–Crippen MR) is 88.0 cm³/mol. The fourth-order valence-corrected chi connectivity index (χ4v) is 2.95. The van der Waals surface area contributed by atoms with E-state index in [2.05, 4.69) is 10.3 Å². The number of nitrogens with zero attached hydrogens (tertiary/aromatic N) is 2. The summed E-state index contributed by atoms with van der Waals surface area (Å²) in [5.41, 5.74) is 0.745. The fourth-order valence-electron chi connectivity index (χ4n) is 2.08. The van der Waals surface area contributed by atoms with E-state index in [1.165, 1.54) is 12.3 Å². The maximum atomic E-state index is 12.3. The van der Waals surface area contributed by atoms with E-state index in [0.717, 1.165) is 22.2 Å².